The highest BCUT2D eigenvalue weighted by Gasteiger charge is 2.10. The summed E-state index contributed by atoms with van der Waals surface area (Å²) in [5.41, 5.74) is 0. The highest BCUT2D eigenvalue weighted by atomic mass is 16.3. The van der Waals surface area contributed by atoms with Crippen molar-refractivity contribution in [1.29, 1.82) is 0 Å². The summed E-state index contributed by atoms with van der Waals surface area (Å²) in [6.07, 6.45) is 6.47. The van der Waals surface area contributed by atoms with Gasteiger partial charge in [0.25, 0.3) is 0 Å². The molecule has 0 radical (unpaired) electrons. The normalized spacial score (nSPS) is 13.8. The van der Waals surface area contributed by atoms with E-state index in [1.54, 1.807) is 0 Å². The smallest absolute Gasteiger partial charge is 0.0461 e. The molecule has 0 aliphatic rings. The zero-order chi connectivity index (χ0) is 9.40. The molecule has 12 heavy (non-hydrogen) atoms. The largest absolute Gasteiger partial charge is 0.396 e. The third-order valence-corrected chi connectivity index (χ3v) is 2.61. The Bertz CT molecular complexity index is 89.0. The fourth-order valence-corrected chi connectivity index (χ4v) is 1.47. The molecule has 0 aromatic rings. The predicted octanol–water partition coefficient (Wildman–Crippen LogP) is 3.22. The molecule has 1 unspecified atom stereocenters. The van der Waals surface area contributed by atoms with E-state index in [1.165, 1.54) is 32.1 Å². The number of hydrogen-bond acceptors (Lipinski definition) is 1. The van der Waals surface area contributed by atoms with Gasteiger partial charge in [-0.05, 0) is 18.3 Å². The van der Waals surface area contributed by atoms with Gasteiger partial charge in [0.15, 0.2) is 0 Å². The van der Waals surface area contributed by atoms with Crippen molar-refractivity contribution in [1.82, 2.24) is 0 Å². The molecule has 0 saturated heterocycles. The van der Waals surface area contributed by atoms with E-state index in [0.29, 0.717) is 18.4 Å². The molecule has 0 amide bonds. The van der Waals surface area contributed by atoms with Crippen LogP contribution in [0.3, 0.4) is 0 Å². The Hall–Kier alpha value is -0.0400. The van der Waals surface area contributed by atoms with E-state index in [-0.39, 0.29) is 0 Å². The van der Waals surface area contributed by atoms with Crippen LogP contribution in [0.4, 0.5) is 0 Å². The fraction of sp³-hybridized carbons (Fsp3) is 1.00. The molecular weight excluding hydrogens is 148 g/mol. The zero-order valence-corrected chi connectivity index (χ0v) is 8.84. The van der Waals surface area contributed by atoms with Crippen LogP contribution in [-0.4, -0.2) is 11.7 Å². The second-order valence-electron chi connectivity index (χ2n) is 4.04. The van der Waals surface area contributed by atoms with E-state index < -0.39 is 0 Å². The molecule has 0 aromatic heterocycles. The highest BCUT2D eigenvalue weighted by molar-refractivity contribution is 4.61. The van der Waals surface area contributed by atoms with Crippen molar-refractivity contribution in [2.75, 3.05) is 6.61 Å². The Balaban J connectivity index is 3.32. The van der Waals surface area contributed by atoms with E-state index >= 15 is 0 Å². The van der Waals surface area contributed by atoms with E-state index in [9.17, 15) is 0 Å². The summed E-state index contributed by atoms with van der Waals surface area (Å²) in [5, 5.41) is 9.05. The van der Waals surface area contributed by atoms with Crippen LogP contribution in [0.5, 0.6) is 0 Å². The van der Waals surface area contributed by atoms with Crippen molar-refractivity contribution in [2.45, 2.75) is 52.9 Å². The number of rotatable bonds is 7. The SMILES string of the molecule is CCCCCCC(CO)C(C)C. The van der Waals surface area contributed by atoms with Gasteiger partial charge in [-0.15, -0.1) is 0 Å². The third kappa shape index (κ3) is 5.59. The monoisotopic (exact) mass is 172 g/mol. The second-order valence-corrected chi connectivity index (χ2v) is 4.04. The molecule has 0 aliphatic carbocycles. The first-order valence-electron chi connectivity index (χ1n) is 5.33. The first kappa shape index (κ1) is 12.0. The van der Waals surface area contributed by atoms with Gasteiger partial charge >= 0.3 is 0 Å². The van der Waals surface area contributed by atoms with Gasteiger partial charge in [0, 0.05) is 6.61 Å². The number of hydrogen-bond donors (Lipinski definition) is 1. The molecule has 74 valence electrons. The van der Waals surface area contributed by atoms with Crippen LogP contribution in [0.1, 0.15) is 52.9 Å². The zero-order valence-electron chi connectivity index (χ0n) is 8.84. The lowest BCUT2D eigenvalue weighted by Gasteiger charge is -2.17. The first-order chi connectivity index (χ1) is 5.72. The van der Waals surface area contributed by atoms with Crippen LogP contribution in [0, 0.1) is 11.8 Å². The predicted molar refractivity (Wildman–Crippen MR) is 54.2 cm³/mol. The minimum atomic E-state index is 0.365. The summed E-state index contributed by atoms with van der Waals surface area (Å²) in [6, 6.07) is 0. The summed E-state index contributed by atoms with van der Waals surface area (Å²) in [7, 11) is 0. The maximum atomic E-state index is 9.05. The molecule has 1 heteroatoms. The van der Waals surface area contributed by atoms with Gasteiger partial charge < -0.3 is 5.11 Å². The van der Waals surface area contributed by atoms with Crippen molar-refractivity contribution in [3.63, 3.8) is 0 Å². The van der Waals surface area contributed by atoms with Crippen molar-refractivity contribution in [3.8, 4) is 0 Å². The van der Waals surface area contributed by atoms with Gasteiger partial charge in [0.2, 0.25) is 0 Å². The van der Waals surface area contributed by atoms with E-state index in [1.807, 2.05) is 0 Å². The van der Waals surface area contributed by atoms with Gasteiger partial charge in [-0.25, -0.2) is 0 Å². The van der Waals surface area contributed by atoms with Crippen molar-refractivity contribution < 1.29 is 5.11 Å². The van der Waals surface area contributed by atoms with Gasteiger partial charge in [-0.2, -0.15) is 0 Å². The Morgan fingerprint density at radius 3 is 2.17 bits per heavy atom. The van der Waals surface area contributed by atoms with Crippen molar-refractivity contribution >= 4 is 0 Å². The lowest BCUT2D eigenvalue weighted by molar-refractivity contribution is 0.178. The molecular formula is C11H24O. The molecule has 0 heterocycles. The molecule has 1 atom stereocenters. The van der Waals surface area contributed by atoms with E-state index in [0.717, 1.165) is 0 Å². The summed E-state index contributed by atoms with van der Waals surface area (Å²) in [4.78, 5) is 0. The molecule has 0 fully saturated rings. The summed E-state index contributed by atoms with van der Waals surface area (Å²) in [6.45, 7) is 6.98. The number of unbranched alkanes of at least 4 members (excludes halogenated alkanes) is 3. The summed E-state index contributed by atoms with van der Waals surface area (Å²) >= 11 is 0. The summed E-state index contributed by atoms with van der Waals surface area (Å²) in [5.74, 6) is 1.17. The minimum absolute atomic E-state index is 0.365. The fourth-order valence-electron chi connectivity index (χ4n) is 1.47. The average molecular weight is 172 g/mol. The highest BCUT2D eigenvalue weighted by Crippen LogP contribution is 2.18. The van der Waals surface area contributed by atoms with Crippen LogP contribution >= 0.6 is 0 Å². The molecule has 0 saturated carbocycles. The minimum Gasteiger partial charge on any atom is -0.396 e. The number of aliphatic hydroxyl groups is 1. The van der Waals surface area contributed by atoms with Crippen LogP contribution in [0.2, 0.25) is 0 Å². The topological polar surface area (TPSA) is 20.2 Å². The van der Waals surface area contributed by atoms with E-state index in [4.69, 9.17) is 5.11 Å². The Labute approximate surface area is 77.2 Å². The lowest BCUT2D eigenvalue weighted by atomic mass is 9.91. The molecule has 1 N–H and O–H groups in total. The van der Waals surface area contributed by atoms with E-state index in [2.05, 4.69) is 20.8 Å². The van der Waals surface area contributed by atoms with Gasteiger partial charge in [-0.1, -0.05) is 46.5 Å². The standard InChI is InChI=1S/C11H24O/c1-4-5-6-7-8-11(9-12)10(2)3/h10-12H,4-9H2,1-3H3. The quantitative estimate of drug-likeness (QED) is 0.585. The van der Waals surface area contributed by atoms with Gasteiger partial charge in [-0.3, -0.25) is 0 Å². The van der Waals surface area contributed by atoms with Crippen molar-refractivity contribution in [2.24, 2.45) is 11.8 Å². The Morgan fingerprint density at radius 2 is 1.75 bits per heavy atom. The van der Waals surface area contributed by atoms with Crippen LogP contribution in [0.25, 0.3) is 0 Å². The van der Waals surface area contributed by atoms with Crippen molar-refractivity contribution in [3.05, 3.63) is 0 Å². The van der Waals surface area contributed by atoms with Crippen LogP contribution < -0.4 is 0 Å². The molecule has 0 aromatic carbocycles. The molecule has 0 bridgehead atoms. The second kappa shape index (κ2) is 7.60. The third-order valence-electron chi connectivity index (χ3n) is 2.61. The summed E-state index contributed by atoms with van der Waals surface area (Å²) < 4.78 is 0. The number of aliphatic hydroxyl groups excluding tert-OH is 1. The van der Waals surface area contributed by atoms with Gasteiger partial charge in [0.05, 0.1) is 0 Å². The molecule has 0 rings (SSSR count). The van der Waals surface area contributed by atoms with Crippen LogP contribution in [-0.2, 0) is 0 Å². The molecule has 1 nitrogen and oxygen atoms in total. The molecule has 0 spiro atoms. The van der Waals surface area contributed by atoms with Gasteiger partial charge in [0.1, 0.15) is 0 Å². The first-order valence-corrected chi connectivity index (χ1v) is 5.33. The van der Waals surface area contributed by atoms with Crippen LogP contribution in [0.15, 0.2) is 0 Å². The molecule has 0 aliphatic heterocycles. The Morgan fingerprint density at radius 1 is 1.08 bits per heavy atom. The lowest BCUT2D eigenvalue weighted by Crippen LogP contribution is -2.12. The maximum absolute atomic E-state index is 9.05. The maximum Gasteiger partial charge on any atom is 0.0461 e. The average Bonchev–Trinajstić information content (AvgIpc) is 2.04. The Kier molecular flexibility index (Phi) is 7.58.